The molecule has 0 bridgehead atoms. The highest BCUT2D eigenvalue weighted by Crippen LogP contribution is 2.28. The van der Waals surface area contributed by atoms with Crippen LogP contribution in [0.1, 0.15) is 30.8 Å². The summed E-state index contributed by atoms with van der Waals surface area (Å²) in [7, 11) is 1.62. The van der Waals surface area contributed by atoms with Crippen molar-refractivity contribution >= 4 is 34.1 Å². The predicted molar refractivity (Wildman–Crippen MR) is 121 cm³/mol. The van der Waals surface area contributed by atoms with E-state index in [-0.39, 0.29) is 12.0 Å². The van der Waals surface area contributed by atoms with Crippen molar-refractivity contribution in [2.75, 3.05) is 12.4 Å². The molecule has 2 aromatic heterocycles. The van der Waals surface area contributed by atoms with E-state index in [1.807, 2.05) is 42.7 Å². The van der Waals surface area contributed by atoms with E-state index in [9.17, 15) is 4.79 Å². The summed E-state index contributed by atoms with van der Waals surface area (Å²) >= 11 is 2.64. The molecule has 1 aromatic carbocycles. The Morgan fingerprint density at radius 3 is 2.55 bits per heavy atom. The first-order chi connectivity index (χ1) is 14.9. The zero-order valence-corrected chi connectivity index (χ0v) is 19.4. The highest BCUT2D eigenvalue weighted by atomic mass is 32.2. The third kappa shape index (κ3) is 5.82. The van der Waals surface area contributed by atoms with Crippen LogP contribution in [0.5, 0.6) is 11.5 Å². The maximum absolute atomic E-state index is 12.5. The van der Waals surface area contributed by atoms with Crippen molar-refractivity contribution in [2.24, 2.45) is 0 Å². The lowest BCUT2D eigenvalue weighted by atomic mass is 10.3. The Hall–Kier alpha value is -2.92. The molecular weight excluding hydrogens is 436 g/mol. The van der Waals surface area contributed by atoms with Crippen molar-refractivity contribution < 1.29 is 14.3 Å². The van der Waals surface area contributed by atoms with Gasteiger partial charge in [0.05, 0.1) is 12.4 Å². The van der Waals surface area contributed by atoms with Gasteiger partial charge < -0.3 is 9.47 Å². The molecule has 0 saturated carbocycles. The standard InChI is InChI=1S/C20H24N6O3S2/c1-6-11-26-17(12(2)29-16-9-7-15(28-5)8-10-16)23-25-20(26)30-13(3)18(27)21-19-24-22-14(4)31-19/h6-10,12-13H,1,11H2,2-5H3,(H,21,24,27). The average molecular weight is 461 g/mol. The predicted octanol–water partition coefficient (Wildman–Crippen LogP) is 3.89. The molecule has 0 spiro atoms. The third-order valence-electron chi connectivity index (χ3n) is 4.20. The van der Waals surface area contributed by atoms with Gasteiger partial charge in [-0.2, -0.15) is 0 Å². The van der Waals surface area contributed by atoms with Crippen LogP contribution in [0.25, 0.3) is 0 Å². The Kier molecular flexibility index (Phi) is 7.64. The number of benzene rings is 1. The summed E-state index contributed by atoms with van der Waals surface area (Å²) in [6.45, 7) is 9.85. The number of hydrogen-bond acceptors (Lipinski definition) is 9. The lowest BCUT2D eigenvalue weighted by Gasteiger charge is -2.16. The maximum atomic E-state index is 12.5. The number of thioether (sulfide) groups is 1. The zero-order chi connectivity index (χ0) is 22.4. The van der Waals surface area contributed by atoms with Crippen LogP contribution >= 0.6 is 23.1 Å². The van der Waals surface area contributed by atoms with Crippen LogP contribution in [0.15, 0.2) is 42.1 Å². The van der Waals surface area contributed by atoms with Gasteiger partial charge in [0.25, 0.3) is 0 Å². The second-order valence-electron chi connectivity index (χ2n) is 6.55. The molecule has 2 atom stereocenters. The molecule has 11 heteroatoms. The molecule has 0 fully saturated rings. The fourth-order valence-corrected chi connectivity index (χ4v) is 4.13. The van der Waals surface area contributed by atoms with Crippen LogP contribution < -0.4 is 14.8 Å². The van der Waals surface area contributed by atoms with E-state index in [1.165, 1.54) is 23.1 Å². The Labute approximate surface area is 188 Å². The molecular formula is C20H24N6O3S2. The number of methoxy groups -OCH3 is 1. The van der Waals surface area contributed by atoms with Crippen LogP contribution in [-0.4, -0.2) is 43.2 Å². The Balaban J connectivity index is 1.71. The number of amides is 1. The molecule has 31 heavy (non-hydrogen) atoms. The molecule has 164 valence electrons. The van der Waals surface area contributed by atoms with E-state index in [1.54, 1.807) is 20.1 Å². The minimum absolute atomic E-state index is 0.182. The second-order valence-corrected chi connectivity index (χ2v) is 9.04. The Bertz CT molecular complexity index is 1030. The molecule has 2 unspecified atom stereocenters. The van der Waals surface area contributed by atoms with Crippen LogP contribution in [0.2, 0.25) is 0 Å². The smallest absolute Gasteiger partial charge is 0.239 e. The van der Waals surface area contributed by atoms with Gasteiger partial charge in [0.15, 0.2) is 17.1 Å². The highest BCUT2D eigenvalue weighted by Gasteiger charge is 2.23. The number of ether oxygens (including phenoxy) is 2. The summed E-state index contributed by atoms with van der Waals surface area (Å²) in [5.41, 5.74) is 0. The van der Waals surface area contributed by atoms with Crippen molar-refractivity contribution in [1.82, 2.24) is 25.0 Å². The second kappa shape index (κ2) is 10.4. The first kappa shape index (κ1) is 22.8. The minimum atomic E-state index is -0.414. The topological polar surface area (TPSA) is 104 Å². The SMILES string of the molecule is C=CCn1c(SC(C)C(=O)Nc2nnc(C)s2)nnc1C(C)Oc1ccc(OC)cc1. The van der Waals surface area contributed by atoms with Gasteiger partial charge in [0, 0.05) is 6.54 Å². The number of aromatic nitrogens is 5. The molecule has 3 aromatic rings. The fraction of sp³-hybridized carbons (Fsp3) is 0.350. The number of carbonyl (C=O) groups excluding carboxylic acids is 1. The van der Waals surface area contributed by atoms with E-state index in [4.69, 9.17) is 9.47 Å². The summed E-state index contributed by atoms with van der Waals surface area (Å²) in [6, 6.07) is 7.33. The van der Waals surface area contributed by atoms with Gasteiger partial charge >= 0.3 is 0 Å². The van der Waals surface area contributed by atoms with E-state index in [2.05, 4.69) is 32.3 Å². The quantitative estimate of drug-likeness (QED) is 0.359. The van der Waals surface area contributed by atoms with E-state index in [0.29, 0.717) is 28.4 Å². The van der Waals surface area contributed by atoms with Crippen molar-refractivity contribution in [3.63, 3.8) is 0 Å². The number of nitrogens with one attached hydrogen (secondary N) is 1. The molecule has 0 aliphatic heterocycles. The number of carbonyl (C=O) groups is 1. The van der Waals surface area contributed by atoms with Crippen molar-refractivity contribution in [3.05, 3.63) is 47.8 Å². The third-order valence-corrected chi connectivity index (χ3v) is 6.04. The van der Waals surface area contributed by atoms with Crippen LogP contribution in [0, 0.1) is 6.92 Å². The lowest BCUT2D eigenvalue weighted by Crippen LogP contribution is -2.23. The molecule has 1 N–H and O–H groups in total. The van der Waals surface area contributed by atoms with Crippen LogP contribution in [0.3, 0.4) is 0 Å². The monoisotopic (exact) mass is 460 g/mol. The van der Waals surface area contributed by atoms with Gasteiger partial charge in [0.2, 0.25) is 11.0 Å². The molecule has 0 radical (unpaired) electrons. The Morgan fingerprint density at radius 2 is 1.94 bits per heavy atom. The van der Waals surface area contributed by atoms with Crippen LogP contribution in [-0.2, 0) is 11.3 Å². The summed E-state index contributed by atoms with van der Waals surface area (Å²) in [4.78, 5) is 12.5. The normalized spacial score (nSPS) is 12.8. The minimum Gasteiger partial charge on any atom is -0.497 e. The highest BCUT2D eigenvalue weighted by molar-refractivity contribution is 8.00. The molecule has 0 aliphatic rings. The first-order valence-corrected chi connectivity index (χ1v) is 11.2. The molecule has 3 rings (SSSR count). The summed E-state index contributed by atoms with van der Waals surface area (Å²) < 4.78 is 13.1. The average Bonchev–Trinajstić information content (AvgIpc) is 3.34. The number of rotatable bonds is 10. The summed E-state index contributed by atoms with van der Waals surface area (Å²) in [6.07, 6.45) is 1.40. The molecule has 0 saturated heterocycles. The largest absolute Gasteiger partial charge is 0.497 e. The number of aryl methyl sites for hydroxylation is 1. The van der Waals surface area contributed by atoms with Gasteiger partial charge in [0.1, 0.15) is 16.5 Å². The lowest BCUT2D eigenvalue weighted by molar-refractivity contribution is -0.115. The van der Waals surface area contributed by atoms with E-state index >= 15 is 0 Å². The van der Waals surface area contributed by atoms with Gasteiger partial charge in [-0.25, -0.2) is 0 Å². The van der Waals surface area contributed by atoms with Crippen molar-refractivity contribution in [1.29, 1.82) is 0 Å². The van der Waals surface area contributed by atoms with E-state index in [0.717, 1.165) is 10.8 Å². The van der Waals surface area contributed by atoms with Gasteiger partial charge in [-0.3, -0.25) is 14.7 Å². The molecule has 2 heterocycles. The Morgan fingerprint density at radius 1 is 1.23 bits per heavy atom. The molecule has 9 nitrogen and oxygen atoms in total. The number of anilines is 1. The number of hydrogen-bond donors (Lipinski definition) is 1. The van der Waals surface area contributed by atoms with E-state index < -0.39 is 5.25 Å². The van der Waals surface area contributed by atoms with Gasteiger partial charge in [-0.1, -0.05) is 29.2 Å². The molecule has 1 amide bonds. The van der Waals surface area contributed by atoms with Gasteiger partial charge in [-0.15, -0.1) is 27.0 Å². The first-order valence-electron chi connectivity index (χ1n) is 9.53. The van der Waals surface area contributed by atoms with Crippen LogP contribution in [0.4, 0.5) is 5.13 Å². The van der Waals surface area contributed by atoms with Gasteiger partial charge in [-0.05, 0) is 45.0 Å². The summed E-state index contributed by atoms with van der Waals surface area (Å²) in [5.74, 6) is 1.91. The molecule has 0 aliphatic carbocycles. The number of allylic oxidation sites excluding steroid dienone is 1. The number of nitrogens with zero attached hydrogens (tertiary/aromatic N) is 5. The van der Waals surface area contributed by atoms with Crippen molar-refractivity contribution in [3.8, 4) is 11.5 Å². The van der Waals surface area contributed by atoms with Crippen molar-refractivity contribution in [2.45, 2.75) is 43.8 Å². The maximum Gasteiger partial charge on any atom is 0.239 e. The fourth-order valence-electron chi connectivity index (χ4n) is 2.67. The zero-order valence-electron chi connectivity index (χ0n) is 17.7. The summed E-state index contributed by atoms with van der Waals surface area (Å²) in [5, 5.41) is 20.7.